The summed E-state index contributed by atoms with van der Waals surface area (Å²) in [5.74, 6) is 0.981. The Bertz CT molecular complexity index is 116. The summed E-state index contributed by atoms with van der Waals surface area (Å²) in [5.41, 5.74) is 0. The molecule has 2 fully saturated rings. The van der Waals surface area contributed by atoms with Gasteiger partial charge >= 0.3 is 17.1 Å². The molecule has 0 nitrogen and oxygen atoms in total. The van der Waals surface area contributed by atoms with Crippen LogP contribution in [0.4, 0.5) is 0 Å². The number of hydrogen-bond donors (Lipinski definition) is 0. The molecule has 2 atom stereocenters. The van der Waals surface area contributed by atoms with E-state index in [9.17, 15) is 0 Å². The molecule has 0 aromatic heterocycles. The minimum atomic E-state index is 0. The first-order chi connectivity index (χ1) is 6.34. The van der Waals surface area contributed by atoms with Crippen molar-refractivity contribution in [3.8, 4) is 0 Å². The Morgan fingerprint density at radius 1 is 0.875 bits per heavy atom. The first kappa shape index (κ1) is 22.2. The smallest absolute Gasteiger partial charge is 0.358 e. The van der Waals surface area contributed by atoms with Crippen molar-refractivity contribution in [2.75, 3.05) is 0 Å². The van der Waals surface area contributed by atoms with Crippen molar-refractivity contribution in [2.24, 2.45) is 5.92 Å². The van der Waals surface area contributed by atoms with Crippen molar-refractivity contribution < 1.29 is 17.1 Å². The third-order valence-corrected chi connectivity index (χ3v) is 4.55. The molecule has 2 aliphatic rings. The Morgan fingerprint density at radius 2 is 1.31 bits per heavy atom. The number of rotatable bonds is 1. The van der Waals surface area contributed by atoms with Gasteiger partial charge in [-0.05, 0) is 18.8 Å². The van der Waals surface area contributed by atoms with Gasteiger partial charge in [-0.2, -0.15) is 0 Å². The van der Waals surface area contributed by atoms with E-state index < -0.39 is 0 Å². The van der Waals surface area contributed by atoms with Gasteiger partial charge in [0.05, 0.1) is 0 Å². The fourth-order valence-corrected chi connectivity index (χ4v) is 3.30. The quantitative estimate of drug-likeness (QED) is 0.323. The van der Waals surface area contributed by atoms with Crippen molar-refractivity contribution in [3.63, 3.8) is 0 Å². The number of alkyl halides is 1. The summed E-state index contributed by atoms with van der Waals surface area (Å²) in [6.07, 6.45) is 13.1. The Hall–Kier alpha value is 0.999. The summed E-state index contributed by atoms with van der Waals surface area (Å²) in [4.78, 5) is 0.840. The third-order valence-electron chi connectivity index (χ3n) is 3.34. The molecule has 2 aliphatic carbocycles. The van der Waals surface area contributed by atoms with Gasteiger partial charge in [0.25, 0.3) is 0 Å². The van der Waals surface area contributed by atoms with Gasteiger partial charge in [-0.3, -0.25) is 0 Å². The Morgan fingerprint density at radius 3 is 1.50 bits per heavy atom. The predicted molar refractivity (Wildman–Crippen MR) is 76.3 cm³/mol. The van der Waals surface area contributed by atoms with Gasteiger partial charge < -0.3 is 14.9 Å². The van der Waals surface area contributed by atoms with Crippen LogP contribution in [0.3, 0.4) is 0 Å². The van der Waals surface area contributed by atoms with Crippen molar-refractivity contribution in [3.05, 3.63) is 14.9 Å². The normalized spacial score (nSPS) is 26.6. The van der Waals surface area contributed by atoms with Gasteiger partial charge in [0, 0.05) is 4.83 Å². The van der Waals surface area contributed by atoms with Crippen LogP contribution < -0.4 is 0 Å². The van der Waals surface area contributed by atoms with Crippen molar-refractivity contribution in [1.82, 2.24) is 0 Å². The molecule has 0 N–H and O–H groups in total. The molecule has 0 heterocycles. The van der Waals surface area contributed by atoms with E-state index in [-0.39, 0.29) is 31.9 Å². The van der Waals surface area contributed by atoms with E-state index in [1.54, 1.807) is 0 Å². The summed E-state index contributed by atoms with van der Waals surface area (Å²) in [6.45, 7) is 2.28. The summed E-state index contributed by atoms with van der Waals surface area (Å²) < 4.78 is 0. The van der Waals surface area contributed by atoms with E-state index in [0.717, 1.165) is 10.7 Å². The molecule has 0 spiro atoms. The van der Waals surface area contributed by atoms with Gasteiger partial charge in [-0.25, -0.2) is 0 Å². The standard InChI is InChI=1S/C7H13Br.C5H10.2CH3.Fe/c1-2-6-4-3-5-7(6)8;1-2-4-5-3-1;;;/h6-7H,2-5H2,1H3;1-5H2;2*1H3;/q;;2*-1;+2. The molecule has 0 amide bonds. The molecule has 2 unspecified atom stereocenters. The van der Waals surface area contributed by atoms with Crippen LogP contribution in [0.2, 0.25) is 0 Å². The van der Waals surface area contributed by atoms with E-state index in [4.69, 9.17) is 0 Å². The summed E-state index contributed by atoms with van der Waals surface area (Å²) in [5, 5.41) is 0. The largest absolute Gasteiger partial charge is 2.00 e. The van der Waals surface area contributed by atoms with E-state index in [1.807, 2.05) is 0 Å². The molecule has 0 bridgehead atoms. The van der Waals surface area contributed by atoms with Crippen LogP contribution in [0.25, 0.3) is 0 Å². The molecular weight excluding hydrogens is 304 g/mol. The second-order valence-corrected chi connectivity index (χ2v) is 5.56. The fraction of sp³-hybridized carbons (Fsp3) is 0.857. The Labute approximate surface area is 123 Å². The van der Waals surface area contributed by atoms with E-state index in [0.29, 0.717) is 0 Å². The van der Waals surface area contributed by atoms with Crippen LogP contribution >= 0.6 is 15.9 Å². The van der Waals surface area contributed by atoms with Gasteiger partial charge in [0.2, 0.25) is 0 Å². The molecular formula is C14H29BrFe. The predicted octanol–water partition coefficient (Wildman–Crippen LogP) is 5.81. The first-order valence-corrected chi connectivity index (χ1v) is 6.90. The van der Waals surface area contributed by atoms with Gasteiger partial charge in [-0.1, -0.05) is 67.8 Å². The van der Waals surface area contributed by atoms with Gasteiger partial charge in [0.15, 0.2) is 0 Å². The molecule has 0 saturated heterocycles. The SMILES string of the molecule is C1CCCC1.CCC1CCCC1Br.[CH3-].[CH3-].[Fe+2]. The zero-order valence-electron chi connectivity index (χ0n) is 11.3. The summed E-state index contributed by atoms with van der Waals surface area (Å²) >= 11 is 3.66. The molecule has 2 heteroatoms. The molecule has 0 aliphatic heterocycles. The monoisotopic (exact) mass is 332 g/mol. The first-order valence-electron chi connectivity index (χ1n) is 5.98. The summed E-state index contributed by atoms with van der Waals surface area (Å²) in [7, 11) is 0. The number of halogens is 1. The van der Waals surface area contributed by atoms with Crippen LogP contribution in [0.15, 0.2) is 0 Å². The van der Waals surface area contributed by atoms with E-state index in [1.165, 1.54) is 57.8 Å². The summed E-state index contributed by atoms with van der Waals surface area (Å²) in [6, 6.07) is 0. The minimum Gasteiger partial charge on any atom is -0.358 e. The molecule has 16 heavy (non-hydrogen) atoms. The van der Waals surface area contributed by atoms with E-state index >= 15 is 0 Å². The third kappa shape index (κ3) is 9.07. The van der Waals surface area contributed by atoms with Gasteiger partial charge in [-0.15, -0.1) is 0 Å². The van der Waals surface area contributed by atoms with Crippen molar-refractivity contribution in [1.29, 1.82) is 0 Å². The topological polar surface area (TPSA) is 0 Å². The Kier molecular flexibility index (Phi) is 19.5. The van der Waals surface area contributed by atoms with Crippen LogP contribution in [-0.2, 0) is 17.1 Å². The average Bonchev–Trinajstić information content (AvgIpc) is 2.76. The molecule has 0 radical (unpaired) electrons. The minimum absolute atomic E-state index is 0. The fourth-order valence-electron chi connectivity index (χ4n) is 2.34. The molecule has 100 valence electrons. The maximum atomic E-state index is 3.66. The van der Waals surface area contributed by atoms with Crippen molar-refractivity contribution >= 4 is 15.9 Å². The Balaban J connectivity index is -0.000000189. The number of hydrogen-bond acceptors (Lipinski definition) is 0. The van der Waals surface area contributed by atoms with Crippen LogP contribution in [-0.4, -0.2) is 4.83 Å². The van der Waals surface area contributed by atoms with Crippen molar-refractivity contribution in [2.45, 2.75) is 69.5 Å². The second kappa shape index (κ2) is 14.1. The molecule has 2 saturated carbocycles. The average molecular weight is 333 g/mol. The molecule has 0 aromatic carbocycles. The molecule has 0 aromatic rings. The maximum Gasteiger partial charge on any atom is 2.00 e. The second-order valence-electron chi connectivity index (χ2n) is 4.38. The maximum absolute atomic E-state index is 3.66. The van der Waals surface area contributed by atoms with Crippen LogP contribution in [0.5, 0.6) is 0 Å². The van der Waals surface area contributed by atoms with Gasteiger partial charge in [0.1, 0.15) is 0 Å². The zero-order chi connectivity index (χ0) is 9.52. The van der Waals surface area contributed by atoms with E-state index in [2.05, 4.69) is 22.9 Å². The van der Waals surface area contributed by atoms with Crippen LogP contribution in [0, 0.1) is 20.8 Å². The van der Waals surface area contributed by atoms with Crippen LogP contribution in [0.1, 0.15) is 64.7 Å². The molecule has 2 rings (SSSR count). The zero-order valence-corrected chi connectivity index (χ0v) is 13.9.